The number of hydrogen-bond donors (Lipinski definition) is 1. The number of piperazine rings is 1. The highest BCUT2D eigenvalue weighted by Gasteiger charge is 2.53. The molecular formula is C30H30F6N6O2. The minimum absolute atomic E-state index is 0.0891. The quantitative estimate of drug-likeness (QED) is 0.317. The van der Waals surface area contributed by atoms with Crippen LogP contribution in [0.2, 0.25) is 0 Å². The number of nitrogens with one attached hydrogen (secondary N) is 1. The predicted octanol–water partition coefficient (Wildman–Crippen LogP) is 5.49. The van der Waals surface area contributed by atoms with Gasteiger partial charge in [-0.1, -0.05) is 18.7 Å². The van der Waals surface area contributed by atoms with Gasteiger partial charge in [-0.05, 0) is 49.6 Å². The van der Waals surface area contributed by atoms with Crippen molar-refractivity contribution in [3.05, 3.63) is 89.0 Å². The average molecular weight is 621 g/mol. The van der Waals surface area contributed by atoms with Crippen molar-refractivity contribution in [2.24, 2.45) is 0 Å². The molecule has 0 spiro atoms. The van der Waals surface area contributed by atoms with Crippen molar-refractivity contribution < 1.29 is 35.9 Å². The Balaban J connectivity index is 1.19. The summed E-state index contributed by atoms with van der Waals surface area (Å²) < 4.78 is 85.7. The van der Waals surface area contributed by atoms with Crippen LogP contribution in [0.15, 0.2) is 60.9 Å². The molecule has 5 rings (SSSR count). The molecular weight excluding hydrogens is 590 g/mol. The lowest BCUT2D eigenvalue weighted by Crippen LogP contribution is -2.46. The highest BCUT2D eigenvalue weighted by Crippen LogP contribution is 2.47. The van der Waals surface area contributed by atoms with Crippen molar-refractivity contribution in [1.82, 2.24) is 25.4 Å². The van der Waals surface area contributed by atoms with E-state index in [1.807, 2.05) is 11.8 Å². The van der Waals surface area contributed by atoms with Crippen LogP contribution >= 0.6 is 0 Å². The number of carbonyl (C=O) groups excluding carboxylic acids is 1. The third-order valence-electron chi connectivity index (χ3n) is 7.80. The van der Waals surface area contributed by atoms with Gasteiger partial charge in [-0.15, -0.1) is 5.10 Å². The van der Waals surface area contributed by atoms with Crippen LogP contribution in [0.4, 0.5) is 32.0 Å². The number of nitrogens with zero attached hydrogens (tertiary/aromatic N) is 5. The molecule has 8 nitrogen and oxygen atoms in total. The van der Waals surface area contributed by atoms with Crippen molar-refractivity contribution in [3.63, 3.8) is 0 Å². The molecule has 44 heavy (non-hydrogen) atoms. The van der Waals surface area contributed by atoms with E-state index in [2.05, 4.69) is 27.1 Å². The van der Waals surface area contributed by atoms with E-state index in [0.29, 0.717) is 55.8 Å². The molecule has 14 heteroatoms. The van der Waals surface area contributed by atoms with E-state index < -0.39 is 29.0 Å². The Labute approximate surface area is 249 Å². The average Bonchev–Trinajstić information content (AvgIpc) is 3.81. The first-order valence-electron chi connectivity index (χ1n) is 13.9. The molecule has 1 saturated heterocycles. The fourth-order valence-electron chi connectivity index (χ4n) is 5.09. The normalized spacial score (nSPS) is 16.4. The number of halogens is 6. The number of allylic oxidation sites excluding steroid dienone is 1. The van der Waals surface area contributed by atoms with Gasteiger partial charge in [0.15, 0.2) is 0 Å². The summed E-state index contributed by atoms with van der Waals surface area (Å²) in [6, 6.07) is 9.30. The summed E-state index contributed by atoms with van der Waals surface area (Å²) in [5.74, 6) is -0.268. The van der Waals surface area contributed by atoms with E-state index in [4.69, 9.17) is 4.74 Å². The van der Waals surface area contributed by atoms with Gasteiger partial charge in [-0.2, -0.15) is 31.4 Å². The maximum Gasteiger partial charge on any atom is 0.433 e. The van der Waals surface area contributed by atoms with E-state index in [1.165, 1.54) is 18.2 Å². The highest BCUT2D eigenvalue weighted by atomic mass is 19.4. The smallest absolute Gasteiger partial charge is 0.433 e. The molecule has 0 atom stereocenters. The van der Waals surface area contributed by atoms with Crippen LogP contribution in [0.1, 0.15) is 47.8 Å². The summed E-state index contributed by atoms with van der Waals surface area (Å²) in [6.45, 7) is 7.63. The minimum Gasteiger partial charge on any atom is -0.472 e. The molecule has 0 radical (unpaired) electrons. The Morgan fingerprint density at radius 2 is 1.66 bits per heavy atom. The summed E-state index contributed by atoms with van der Waals surface area (Å²) >= 11 is 0. The highest BCUT2D eigenvalue weighted by molar-refractivity contribution is 5.90. The van der Waals surface area contributed by atoms with Gasteiger partial charge in [0, 0.05) is 61.9 Å². The fraction of sp³-hybridized carbons (Fsp3) is 0.400. The number of aromatic nitrogens is 3. The number of alkyl halides is 6. The summed E-state index contributed by atoms with van der Waals surface area (Å²) in [5, 5.41) is 10.8. The molecule has 0 unspecified atom stereocenters. The molecule has 1 saturated carbocycles. The molecule has 2 aromatic heterocycles. The van der Waals surface area contributed by atoms with Gasteiger partial charge in [0.1, 0.15) is 12.3 Å². The zero-order chi connectivity index (χ0) is 31.7. The zero-order valence-electron chi connectivity index (χ0n) is 23.8. The Morgan fingerprint density at radius 3 is 2.20 bits per heavy atom. The first-order chi connectivity index (χ1) is 20.8. The van der Waals surface area contributed by atoms with Gasteiger partial charge in [-0.25, -0.2) is 0 Å². The van der Waals surface area contributed by atoms with Crippen molar-refractivity contribution in [1.29, 1.82) is 0 Å². The standard InChI is InChI=1S/C30H30F6N6O2/c1-19(2)41-11-13-42(14-12-41)23-5-3-20(15-22(23)29(31,32)33)16-38-27(43)28(9-10-28)24-7-8-26(40-39-24)44-18-21-4-6-25(37-17-21)30(34,35)36/h3-8,15,17H,1,9-14,16,18H2,2H3,(H,38,43). The van der Waals surface area contributed by atoms with Crippen LogP contribution in [0.25, 0.3) is 0 Å². The molecule has 1 aliphatic heterocycles. The second-order valence-corrected chi connectivity index (χ2v) is 10.9. The van der Waals surface area contributed by atoms with Gasteiger partial charge in [0.05, 0.1) is 16.7 Å². The third kappa shape index (κ3) is 6.89. The lowest BCUT2D eigenvalue weighted by molar-refractivity contribution is -0.141. The molecule has 0 bridgehead atoms. The number of carbonyl (C=O) groups is 1. The fourth-order valence-corrected chi connectivity index (χ4v) is 5.09. The molecule has 1 amide bonds. The maximum absolute atomic E-state index is 14.0. The monoisotopic (exact) mass is 620 g/mol. The van der Waals surface area contributed by atoms with Crippen LogP contribution in [0.5, 0.6) is 5.88 Å². The van der Waals surface area contributed by atoms with E-state index in [1.54, 1.807) is 17.0 Å². The second kappa shape index (κ2) is 12.0. The number of rotatable bonds is 9. The van der Waals surface area contributed by atoms with Crippen LogP contribution in [-0.4, -0.2) is 52.2 Å². The maximum atomic E-state index is 14.0. The summed E-state index contributed by atoms with van der Waals surface area (Å²) in [6.07, 6.45) is -7.06. The van der Waals surface area contributed by atoms with Crippen LogP contribution in [-0.2, 0) is 35.7 Å². The van der Waals surface area contributed by atoms with Crippen LogP contribution in [0.3, 0.4) is 0 Å². The van der Waals surface area contributed by atoms with Crippen molar-refractivity contribution in [2.45, 2.75) is 50.7 Å². The lowest BCUT2D eigenvalue weighted by atomic mass is 10.0. The predicted molar refractivity (Wildman–Crippen MR) is 148 cm³/mol. The molecule has 2 fully saturated rings. The molecule has 1 N–H and O–H groups in total. The number of benzene rings is 1. The van der Waals surface area contributed by atoms with Crippen molar-refractivity contribution in [2.75, 3.05) is 31.1 Å². The molecule has 2 aliphatic rings. The molecule has 1 aliphatic carbocycles. The van der Waals surface area contributed by atoms with Crippen molar-refractivity contribution in [3.8, 4) is 5.88 Å². The van der Waals surface area contributed by atoms with E-state index in [0.717, 1.165) is 24.0 Å². The van der Waals surface area contributed by atoms with Gasteiger partial charge in [0.25, 0.3) is 0 Å². The Bertz CT molecular complexity index is 1500. The molecule has 1 aromatic carbocycles. The number of amides is 1. The van der Waals surface area contributed by atoms with E-state index in [9.17, 15) is 31.1 Å². The first-order valence-corrected chi connectivity index (χ1v) is 13.9. The number of anilines is 1. The van der Waals surface area contributed by atoms with E-state index in [-0.39, 0.29) is 30.6 Å². The van der Waals surface area contributed by atoms with Crippen molar-refractivity contribution >= 4 is 11.6 Å². The summed E-state index contributed by atoms with van der Waals surface area (Å²) in [5.41, 5.74) is -0.610. The molecule has 234 valence electrons. The Kier molecular flexibility index (Phi) is 8.45. The Morgan fingerprint density at radius 1 is 0.955 bits per heavy atom. The van der Waals surface area contributed by atoms with Crippen LogP contribution in [0, 0.1) is 0 Å². The van der Waals surface area contributed by atoms with Gasteiger partial charge < -0.3 is 19.9 Å². The Hall–Kier alpha value is -4.36. The number of pyridine rings is 1. The van der Waals surface area contributed by atoms with Crippen LogP contribution < -0.4 is 15.0 Å². The minimum atomic E-state index is -4.57. The van der Waals surface area contributed by atoms with Gasteiger partial charge in [0.2, 0.25) is 11.8 Å². The van der Waals surface area contributed by atoms with Gasteiger partial charge in [-0.3, -0.25) is 9.78 Å². The zero-order valence-corrected chi connectivity index (χ0v) is 23.8. The summed E-state index contributed by atoms with van der Waals surface area (Å²) in [4.78, 5) is 20.3. The molecule has 3 aromatic rings. The first kappa shape index (κ1) is 31.1. The van der Waals surface area contributed by atoms with Gasteiger partial charge >= 0.3 is 12.4 Å². The largest absolute Gasteiger partial charge is 0.472 e. The number of ether oxygens (including phenoxy) is 1. The SMILES string of the molecule is C=C(C)N1CCN(c2ccc(CNC(=O)C3(c4ccc(OCc5ccc(C(F)(F)F)nc5)nn4)CC3)cc2C(F)(F)F)CC1. The number of hydrogen-bond acceptors (Lipinski definition) is 7. The topological polar surface area (TPSA) is 83.5 Å². The lowest BCUT2D eigenvalue weighted by Gasteiger charge is -2.38. The van der Waals surface area contributed by atoms with E-state index >= 15 is 0 Å². The summed E-state index contributed by atoms with van der Waals surface area (Å²) in [7, 11) is 0. The third-order valence-corrected chi connectivity index (χ3v) is 7.80. The molecule has 3 heterocycles. The second-order valence-electron chi connectivity index (χ2n) is 10.9.